The molecule has 0 amide bonds. The first-order valence-corrected chi connectivity index (χ1v) is 7.36. The minimum atomic E-state index is 0.604. The quantitative estimate of drug-likeness (QED) is 0.838. The Hall–Kier alpha value is -1.18. The van der Waals surface area contributed by atoms with E-state index in [2.05, 4.69) is 11.0 Å². The van der Waals surface area contributed by atoms with Gasteiger partial charge in [0.15, 0.2) is 0 Å². The Morgan fingerprint density at radius 3 is 3.06 bits per heavy atom. The van der Waals surface area contributed by atoms with Gasteiger partial charge in [-0.1, -0.05) is 6.07 Å². The fraction of sp³-hybridized carbons (Fsp3) is 0.500. The fourth-order valence-corrected chi connectivity index (χ4v) is 3.07. The van der Waals surface area contributed by atoms with E-state index in [4.69, 9.17) is 10.00 Å². The maximum Gasteiger partial charge on any atom is 0.136 e. The maximum absolute atomic E-state index is 8.96. The number of hydrogen-bond acceptors (Lipinski definition) is 4. The summed E-state index contributed by atoms with van der Waals surface area (Å²) in [5, 5.41) is 8.96. The summed E-state index contributed by atoms with van der Waals surface area (Å²) in [6.45, 7) is 3.25. The Kier molecular flexibility index (Phi) is 4.91. The number of hydrogen-bond donors (Lipinski definition) is 0. The summed E-state index contributed by atoms with van der Waals surface area (Å²) in [6, 6.07) is 8.00. The van der Waals surface area contributed by atoms with E-state index in [-0.39, 0.29) is 0 Å². The van der Waals surface area contributed by atoms with Gasteiger partial charge < -0.3 is 4.74 Å². The lowest BCUT2D eigenvalue weighted by Gasteiger charge is -2.19. The normalized spacial score (nSPS) is 16.9. The average molecular weight is 262 g/mol. The zero-order valence-corrected chi connectivity index (χ0v) is 11.5. The molecule has 0 unspecified atom stereocenters. The number of ether oxygens (including phenoxy) is 1. The largest absolute Gasteiger partial charge is 0.495 e. The zero-order valence-electron chi connectivity index (χ0n) is 10.7. The van der Waals surface area contributed by atoms with Crippen molar-refractivity contribution >= 4 is 11.8 Å². The van der Waals surface area contributed by atoms with Crippen LogP contribution in [0.2, 0.25) is 0 Å². The van der Waals surface area contributed by atoms with Crippen molar-refractivity contribution in [2.45, 2.75) is 13.0 Å². The molecule has 3 nitrogen and oxygen atoms in total. The minimum absolute atomic E-state index is 0.604. The molecular weight excluding hydrogens is 244 g/mol. The number of benzene rings is 1. The molecule has 0 atom stereocenters. The topological polar surface area (TPSA) is 36.3 Å². The van der Waals surface area contributed by atoms with Crippen LogP contribution in [0.15, 0.2) is 18.2 Å². The second kappa shape index (κ2) is 6.67. The molecule has 1 aliphatic heterocycles. The van der Waals surface area contributed by atoms with Gasteiger partial charge in [-0.2, -0.15) is 17.0 Å². The maximum atomic E-state index is 8.96. The summed E-state index contributed by atoms with van der Waals surface area (Å²) in [5.74, 6) is 3.17. The number of nitriles is 1. The molecule has 4 heteroatoms. The van der Waals surface area contributed by atoms with Crippen LogP contribution in [-0.2, 0) is 6.54 Å². The van der Waals surface area contributed by atoms with Gasteiger partial charge in [0.25, 0.3) is 0 Å². The number of methoxy groups -OCH3 is 1. The van der Waals surface area contributed by atoms with E-state index >= 15 is 0 Å². The molecule has 18 heavy (non-hydrogen) atoms. The molecule has 1 aromatic carbocycles. The molecule has 1 saturated heterocycles. The van der Waals surface area contributed by atoms with E-state index in [1.807, 2.05) is 30.0 Å². The lowest BCUT2D eigenvalue weighted by Crippen LogP contribution is -2.25. The Bertz CT molecular complexity index is 434. The van der Waals surface area contributed by atoms with Crippen molar-refractivity contribution in [3.05, 3.63) is 29.3 Å². The van der Waals surface area contributed by atoms with Gasteiger partial charge in [-0.25, -0.2) is 0 Å². The lowest BCUT2D eigenvalue weighted by atomic mass is 10.1. The first-order chi connectivity index (χ1) is 8.83. The summed E-state index contributed by atoms with van der Waals surface area (Å²) >= 11 is 2.03. The van der Waals surface area contributed by atoms with E-state index in [0.717, 1.165) is 19.6 Å². The van der Waals surface area contributed by atoms with Crippen LogP contribution < -0.4 is 4.74 Å². The molecule has 1 fully saturated rings. The number of thioether (sulfide) groups is 1. The molecule has 0 aromatic heterocycles. The van der Waals surface area contributed by atoms with Crippen LogP contribution in [0.5, 0.6) is 5.75 Å². The molecule has 96 valence electrons. The summed E-state index contributed by atoms with van der Waals surface area (Å²) in [4.78, 5) is 2.47. The van der Waals surface area contributed by atoms with Gasteiger partial charge in [-0.15, -0.1) is 0 Å². The van der Waals surface area contributed by atoms with Crippen LogP contribution in [0.3, 0.4) is 0 Å². The first-order valence-electron chi connectivity index (χ1n) is 6.20. The second-order valence-electron chi connectivity index (χ2n) is 4.39. The molecule has 0 N–H and O–H groups in total. The summed E-state index contributed by atoms with van der Waals surface area (Å²) in [5.41, 5.74) is 1.82. The average Bonchev–Trinajstić information content (AvgIpc) is 2.67. The van der Waals surface area contributed by atoms with E-state index in [1.165, 1.54) is 23.5 Å². The van der Waals surface area contributed by atoms with Crippen LogP contribution in [-0.4, -0.2) is 36.6 Å². The minimum Gasteiger partial charge on any atom is -0.495 e. The fourth-order valence-electron chi connectivity index (χ4n) is 2.14. The highest BCUT2D eigenvalue weighted by Gasteiger charge is 2.11. The summed E-state index contributed by atoms with van der Waals surface area (Å²) in [6.07, 6.45) is 1.26. The molecule has 0 spiro atoms. The monoisotopic (exact) mass is 262 g/mol. The van der Waals surface area contributed by atoms with Crippen molar-refractivity contribution in [1.29, 1.82) is 5.26 Å². The second-order valence-corrected chi connectivity index (χ2v) is 5.61. The first kappa shape index (κ1) is 13.3. The molecular formula is C14H18N2OS. The third kappa shape index (κ3) is 3.41. The lowest BCUT2D eigenvalue weighted by molar-refractivity contribution is 0.287. The predicted octanol–water partition coefficient (Wildman–Crippen LogP) is 2.51. The molecule has 0 bridgehead atoms. The van der Waals surface area contributed by atoms with E-state index in [9.17, 15) is 0 Å². The number of nitrogens with zero attached hydrogens (tertiary/aromatic N) is 2. The van der Waals surface area contributed by atoms with Crippen LogP contribution in [0.1, 0.15) is 17.5 Å². The van der Waals surface area contributed by atoms with Gasteiger partial charge in [0.1, 0.15) is 11.8 Å². The van der Waals surface area contributed by atoms with Crippen LogP contribution in [0.25, 0.3) is 0 Å². The molecule has 1 heterocycles. The third-order valence-corrected chi connectivity index (χ3v) is 4.16. The van der Waals surface area contributed by atoms with Crippen molar-refractivity contribution < 1.29 is 4.74 Å². The van der Waals surface area contributed by atoms with Gasteiger partial charge in [0, 0.05) is 18.8 Å². The standard InChI is InChI=1S/C14H18N2OS/c1-17-14-9-12(3-4-13(14)10-15)11-16-5-2-7-18-8-6-16/h3-4,9H,2,5-8,11H2,1H3. The Morgan fingerprint density at radius 2 is 2.28 bits per heavy atom. The highest BCUT2D eigenvalue weighted by Crippen LogP contribution is 2.21. The third-order valence-electron chi connectivity index (χ3n) is 3.11. The molecule has 0 radical (unpaired) electrons. The summed E-state index contributed by atoms with van der Waals surface area (Å²) in [7, 11) is 1.61. The number of rotatable bonds is 3. The van der Waals surface area contributed by atoms with Crippen LogP contribution in [0, 0.1) is 11.3 Å². The molecule has 1 aromatic rings. The van der Waals surface area contributed by atoms with Gasteiger partial charge in [-0.3, -0.25) is 4.90 Å². The van der Waals surface area contributed by atoms with Crippen molar-refractivity contribution in [1.82, 2.24) is 4.90 Å². The molecule has 0 aliphatic carbocycles. The molecule has 2 rings (SSSR count). The van der Waals surface area contributed by atoms with Crippen molar-refractivity contribution in [2.24, 2.45) is 0 Å². The van der Waals surface area contributed by atoms with Gasteiger partial charge in [0.05, 0.1) is 12.7 Å². The van der Waals surface area contributed by atoms with E-state index in [1.54, 1.807) is 7.11 Å². The Morgan fingerprint density at radius 1 is 1.39 bits per heavy atom. The SMILES string of the molecule is COc1cc(CN2CCCSCC2)ccc1C#N. The molecule has 0 saturated carbocycles. The van der Waals surface area contributed by atoms with Crippen molar-refractivity contribution in [3.8, 4) is 11.8 Å². The van der Waals surface area contributed by atoms with Crippen molar-refractivity contribution in [3.63, 3.8) is 0 Å². The van der Waals surface area contributed by atoms with Gasteiger partial charge in [-0.05, 0) is 36.4 Å². The van der Waals surface area contributed by atoms with E-state index in [0.29, 0.717) is 11.3 Å². The van der Waals surface area contributed by atoms with Crippen molar-refractivity contribution in [2.75, 3.05) is 31.7 Å². The van der Waals surface area contributed by atoms with Crippen LogP contribution in [0.4, 0.5) is 0 Å². The predicted molar refractivity (Wildman–Crippen MR) is 74.9 cm³/mol. The van der Waals surface area contributed by atoms with Gasteiger partial charge in [0.2, 0.25) is 0 Å². The van der Waals surface area contributed by atoms with Crippen LogP contribution >= 0.6 is 11.8 Å². The Balaban J connectivity index is 2.06. The smallest absolute Gasteiger partial charge is 0.136 e. The van der Waals surface area contributed by atoms with E-state index < -0.39 is 0 Å². The zero-order chi connectivity index (χ0) is 12.8. The Labute approximate surface area is 113 Å². The van der Waals surface area contributed by atoms with Gasteiger partial charge >= 0.3 is 0 Å². The summed E-state index contributed by atoms with van der Waals surface area (Å²) < 4.78 is 5.25. The highest BCUT2D eigenvalue weighted by molar-refractivity contribution is 7.99. The molecule has 1 aliphatic rings. The highest BCUT2D eigenvalue weighted by atomic mass is 32.2.